The van der Waals surface area contributed by atoms with Gasteiger partial charge in [0.2, 0.25) is 0 Å². The van der Waals surface area contributed by atoms with E-state index in [0.29, 0.717) is 6.04 Å². The minimum Gasteiger partial charge on any atom is -0.326 e. The Balaban J connectivity index is 2.19. The topological polar surface area (TPSA) is 29.3 Å². The number of rotatable bonds is 5. The zero-order chi connectivity index (χ0) is 15.4. The second kappa shape index (κ2) is 7.37. The van der Waals surface area contributed by atoms with Gasteiger partial charge in [-0.05, 0) is 62.8 Å². The molecule has 0 saturated heterocycles. The molecule has 0 amide bonds. The minimum absolute atomic E-state index is 0.0381. The highest BCUT2D eigenvalue weighted by Gasteiger charge is 2.30. The molecule has 0 aliphatic heterocycles. The standard InChI is InChI=1S/C18H29FN2/c1-4-17(20)18(14-6-5-7-15(19)12-14)21(3)16-10-8-13(2)9-11-16/h5-7,12-13,16-18H,4,8-11,20H2,1-3H3. The number of likely N-dealkylation sites (N-methyl/N-ethyl adjacent to an activating group) is 1. The number of halogens is 1. The van der Waals surface area contributed by atoms with Crippen LogP contribution in [0.3, 0.4) is 0 Å². The Morgan fingerprint density at radius 2 is 1.95 bits per heavy atom. The summed E-state index contributed by atoms with van der Waals surface area (Å²) < 4.78 is 13.6. The van der Waals surface area contributed by atoms with Crippen molar-refractivity contribution in [1.82, 2.24) is 4.90 Å². The monoisotopic (exact) mass is 292 g/mol. The molecule has 2 nitrogen and oxygen atoms in total. The van der Waals surface area contributed by atoms with Crippen LogP contribution in [0.15, 0.2) is 24.3 Å². The van der Waals surface area contributed by atoms with Gasteiger partial charge in [-0.2, -0.15) is 0 Å². The molecule has 0 aromatic heterocycles. The average molecular weight is 292 g/mol. The highest BCUT2D eigenvalue weighted by atomic mass is 19.1. The van der Waals surface area contributed by atoms with Crippen molar-refractivity contribution in [2.45, 2.75) is 64.1 Å². The first-order chi connectivity index (χ1) is 10.0. The first kappa shape index (κ1) is 16.4. The van der Waals surface area contributed by atoms with Crippen molar-refractivity contribution in [2.24, 2.45) is 11.7 Å². The lowest BCUT2D eigenvalue weighted by molar-refractivity contribution is 0.106. The molecule has 2 rings (SSSR count). The quantitative estimate of drug-likeness (QED) is 0.884. The number of nitrogens with zero attached hydrogens (tertiary/aromatic N) is 1. The maximum atomic E-state index is 13.6. The second-order valence-corrected chi connectivity index (χ2v) is 6.65. The Bertz CT molecular complexity index is 441. The summed E-state index contributed by atoms with van der Waals surface area (Å²) in [6.45, 7) is 4.44. The van der Waals surface area contributed by atoms with Crippen LogP contribution in [0.1, 0.15) is 57.6 Å². The lowest BCUT2D eigenvalue weighted by atomic mass is 9.85. The summed E-state index contributed by atoms with van der Waals surface area (Å²) in [7, 11) is 2.16. The first-order valence-corrected chi connectivity index (χ1v) is 8.26. The molecule has 2 unspecified atom stereocenters. The van der Waals surface area contributed by atoms with Gasteiger partial charge >= 0.3 is 0 Å². The van der Waals surface area contributed by atoms with Gasteiger partial charge in [-0.15, -0.1) is 0 Å². The maximum Gasteiger partial charge on any atom is 0.123 e. The SMILES string of the molecule is CCC(N)C(c1cccc(F)c1)N(C)C1CCC(C)CC1. The van der Waals surface area contributed by atoms with Gasteiger partial charge in [-0.25, -0.2) is 4.39 Å². The molecule has 2 atom stereocenters. The third-order valence-corrected chi connectivity index (χ3v) is 5.07. The van der Waals surface area contributed by atoms with Gasteiger partial charge in [0.05, 0.1) is 0 Å². The smallest absolute Gasteiger partial charge is 0.123 e. The van der Waals surface area contributed by atoms with Gasteiger partial charge in [-0.1, -0.05) is 26.0 Å². The second-order valence-electron chi connectivity index (χ2n) is 6.65. The summed E-state index contributed by atoms with van der Waals surface area (Å²) in [5, 5.41) is 0. The van der Waals surface area contributed by atoms with Crippen molar-refractivity contribution in [2.75, 3.05) is 7.05 Å². The Hall–Kier alpha value is -0.930. The molecule has 21 heavy (non-hydrogen) atoms. The molecule has 0 bridgehead atoms. The molecule has 1 aliphatic rings. The maximum absolute atomic E-state index is 13.6. The number of benzene rings is 1. The molecule has 1 aromatic carbocycles. The van der Waals surface area contributed by atoms with Crippen LogP contribution in [-0.4, -0.2) is 24.0 Å². The van der Waals surface area contributed by atoms with Crippen LogP contribution in [0.5, 0.6) is 0 Å². The van der Waals surface area contributed by atoms with Crippen LogP contribution in [0.2, 0.25) is 0 Å². The molecule has 0 spiro atoms. The van der Waals surface area contributed by atoms with E-state index in [0.717, 1.165) is 17.9 Å². The van der Waals surface area contributed by atoms with Crippen molar-refractivity contribution in [3.8, 4) is 0 Å². The van der Waals surface area contributed by atoms with E-state index < -0.39 is 0 Å². The predicted octanol–water partition coefficient (Wildman–Crippen LogP) is 4.11. The van der Waals surface area contributed by atoms with Gasteiger partial charge in [-0.3, -0.25) is 4.90 Å². The Morgan fingerprint density at radius 3 is 2.52 bits per heavy atom. The van der Waals surface area contributed by atoms with E-state index in [2.05, 4.69) is 25.8 Å². The van der Waals surface area contributed by atoms with Gasteiger partial charge in [0.1, 0.15) is 5.82 Å². The molecular formula is C18H29FN2. The van der Waals surface area contributed by atoms with Crippen molar-refractivity contribution in [3.63, 3.8) is 0 Å². The number of hydrogen-bond acceptors (Lipinski definition) is 2. The largest absolute Gasteiger partial charge is 0.326 e. The Kier molecular flexibility index (Phi) is 5.77. The lowest BCUT2D eigenvalue weighted by Crippen LogP contribution is -2.45. The van der Waals surface area contributed by atoms with Crippen LogP contribution < -0.4 is 5.73 Å². The van der Waals surface area contributed by atoms with Crippen molar-refractivity contribution in [3.05, 3.63) is 35.6 Å². The summed E-state index contributed by atoms with van der Waals surface area (Å²) in [4.78, 5) is 2.40. The van der Waals surface area contributed by atoms with E-state index in [4.69, 9.17) is 5.73 Å². The van der Waals surface area contributed by atoms with E-state index in [-0.39, 0.29) is 17.9 Å². The van der Waals surface area contributed by atoms with Crippen LogP contribution in [0.25, 0.3) is 0 Å². The van der Waals surface area contributed by atoms with Crippen LogP contribution in [0, 0.1) is 11.7 Å². The normalized spacial score (nSPS) is 25.8. The van der Waals surface area contributed by atoms with Crippen LogP contribution in [-0.2, 0) is 0 Å². The van der Waals surface area contributed by atoms with Gasteiger partial charge in [0.25, 0.3) is 0 Å². The molecule has 0 radical (unpaired) electrons. The fraction of sp³-hybridized carbons (Fsp3) is 0.667. The third-order valence-electron chi connectivity index (χ3n) is 5.07. The minimum atomic E-state index is -0.175. The fourth-order valence-electron chi connectivity index (χ4n) is 3.58. The molecule has 1 aromatic rings. The van der Waals surface area contributed by atoms with Crippen molar-refractivity contribution in [1.29, 1.82) is 0 Å². The summed E-state index contributed by atoms with van der Waals surface area (Å²) in [6.07, 6.45) is 5.91. The van der Waals surface area contributed by atoms with E-state index in [1.807, 2.05) is 6.07 Å². The van der Waals surface area contributed by atoms with Crippen molar-refractivity contribution < 1.29 is 4.39 Å². The van der Waals surface area contributed by atoms with Crippen LogP contribution >= 0.6 is 0 Å². The van der Waals surface area contributed by atoms with Crippen molar-refractivity contribution >= 4 is 0 Å². The fourth-order valence-corrected chi connectivity index (χ4v) is 3.58. The van der Waals surface area contributed by atoms with Gasteiger partial charge in [0, 0.05) is 18.1 Å². The molecule has 118 valence electrons. The Labute approximate surface area is 128 Å². The summed E-state index contributed by atoms with van der Waals surface area (Å²) >= 11 is 0. The highest BCUT2D eigenvalue weighted by Crippen LogP contribution is 2.33. The summed E-state index contributed by atoms with van der Waals surface area (Å²) in [5.41, 5.74) is 7.38. The first-order valence-electron chi connectivity index (χ1n) is 8.26. The summed E-state index contributed by atoms with van der Waals surface area (Å²) in [5.74, 6) is 0.661. The molecular weight excluding hydrogens is 263 g/mol. The molecule has 0 heterocycles. The van der Waals surface area contributed by atoms with E-state index in [1.165, 1.54) is 31.7 Å². The van der Waals surface area contributed by atoms with Gasteiger partial charge in [0.15, 0.2) is 0 Å². The zero-order valence-corrected chi connectivity index (χ0v) is 13.6. The van der Waals surface area contributed by atoms with Crippen LogP contribution in [0.4, 0.5) is 4.39 Å². The zero-order valence-electron chi connectivity index (χ0n) is 13.6. The molecule has 1 saturated carbocycles. The third kappa shape index (κ3) is 4.04. The number of nitrogens with two attached hydrogens (primary N) is 1. The lowest BCUT2D eigenvalue weighted by Gasteiger charge is -2.41. The molecule has 1 fully saturated rings. The Morgan fingerprint density at radius 1 is 1.29 bits per heavy atom. The van der Waals surface area contributed by atoms with Gasteiger partial charge < -0.3 is 5.73 Å². The average Bonchev–Trinajstić information content (AvgIpc) is 2.48. The van der Waals surface area contributed by atoms with E-state index >= 15 is 0 Å². The predicted molar refractivity (Wildman–Crippen MR) is 86.6 cm³/mol. The molecule has 1 aliphatic carbocycles. The van der Waals surface area contributed by atoms with E-state index in [9.17, 15) is 4.39 Å². The molecule has 2 N–H and O–H groups in total. The molecule has 3 heteroatoms. The number of hydrogen-bond donors (Lipinski definition) is 1. The van der Waals surface area contributed by atoms with E-state index in [1.54, 1.807) is 12.1 Å². The summed E-state index contributed by atoms with van der Waals surface area (Å²) in [6, 6.07) is 7.64. The highest BCUT2D eigenvalue weighted by molar-refractivity contribution is 5.22.